The van der Waals surface area contributed by atoms with Gasteiger partial charge in [-0.25, -0.2) is 0 Å². The largest absolute Gasteiger partial charge is 0.480 e. The number of carbonyl (C=O) groups excluding carboxylic acids is 1. The Morgan fingerprint density at radius 2 is 0.885 bits per heavy atom. The molecule has 0 bridgehead atoms. The van der Waals surface area contributed by atoms with Gasteiger partial charge in [0.2, 0.25) is 0 Å². The molecule has 12 nitrogen and oxygen atoms in total. The van der Waals surface area contributed by atoms with Crippen molar-refractivity contribution in [3.8, 4) is 0 Å². The van der Waals surface area contributed by atoms with Gasteiger partial charge in [0, 0.05) is 26.2 Å². The molecular weight excluding hydrogens is 354 g/mol. The van der Waals surface area contributed by atoms with Crippen molar-refractivity contribution in [3.05, 3.63) is 0 Å². The van der Waals surface area contributed by atoms with Gasteiger partial charge < -0.3 is 25.2 Å². The van der Waals surface area contributed by atoms with Gasteiger partial charge in [0.05, 0.1) is 32.7 Å². The molecule has 0 aromatic rings. The van der Waals surface area contributed by atoms with Crippen LogP contribution in [0.25, 0.3) is 0 Å². The van der Waals surface area contributed by atoms with Crippen LogP contribution < -0.4 is 0 Å². The molecule has 0 saturated heterocycles. The topological polar surface area (TPSA) is 176 Å². The summed E-state index contributed by atoms with van der Waals surface area (Å²) in [6.45, 7) is -1.64. The van der Waals surface area contributed by atoms with Gasteiger partial charge in [0.1, 0.15) is 6.29 Å². The molecule has 0 aliphatic rings. The average molecular weight is 377 g/mol. The van der Waals surface area contributed by atoms with Gasteiger partial charge in [0.25, 0.3) is 0 Å². The summed E-state index contributed by atoms with van der Waals surface area (Å²) in [5, 5.41) is 35.3. The van der Waals surface area contributed by atoms with E-state index in [1.807, 2.05) is 0 Å². The Balaban J connectivity index is 4.76. The van der Waals surface area contributed by atoms with Crippen molar-refractivity contribution in [2.24, 2.45) is 0 Å². The lowest BCUT2D eigenvalue weighted by Gasteiger charge is -2.27. The Morgan fingerprint density at radius 3 is 1.27 bits per heavy atom. The van der Waals surface area contributed by atoms with E-state index in [-0.39, 0.29) is 39.3 Å². The minimum Gasteiger partial charge on any atom is -0.480 e. The summed E-state index contributed by atoms with van der Waals surface area (Å²) in [6.07, 6.45) is 0.534. The van der Waals surface area contributed by atoms with Gasteiger partial charge in [-0.3, -0.25) is 33.9 Å². The molecule has 0 rings (SSSR count). The van der Waals surface area contributed by atoms with Crippen LogP contribution in [0.4, 0.5) is 0 Å². The summed E-state index contributed by atoms with van der Waals surface area (Å²) in [5.41, 5.74) is 0. The summed E-state index contributed by atoms with van der Waals surface area (Å²) in [4.78, 5) is 57.7. The minimum atomic E-state index is -1.21. The molecule has 4 N–H and O–H groups in total. The van der Waals surface area contributed by atoms with Gasteiger partial charge in [-0.2, -0.15) is 0 Å². The van der Waals surface area contributed by atoms with E-state index in [0.717, 1.165) is 4.90 Å². The van der Waals surface area contributed by atoms with Crippen molar-refractivity contribution in [1.82, 2.24) is 14.7 Å². The number of carboxylic acid groups (broad SMARTS) is 4. The van der Waals surface area contributed by atoms with E-state index in [0.29, 0.717) is 6.29 Å². The third-order valence-corrected chi connectivity index (χ3v) is 3.23. The van der Waals surface area contributed by atoms with Crippen molar-refractivity contribution in [1.29, 1.82) is 0 Å². The molecule has 0 aromatic heterocycles. The second kappa shape index (κ2) is 12.7. The minimum absolute atomic E-state index is 0.00150. The first-order chi connectivity index (χ1) is 12.1. The van der Waals surface area contributed by atoms with E-state index in [4.69, 9.17) is 20.4 Å². The number of nitrogens with zero attached hydrogens (tertiary/aromatic N) is 3. The first kappa shape index (κ1) is 23.4. The lowest BCUT2D eigenvalue weighted by Crippen LogP contribution is -2.45. The second-order valence-corrected chi connectivity index (χ2v) is 5.46. The quantitative estimate of drug-likeness (QED) is 0.207. The molecule has 26 heavy (non-hydrogen) atoms. The molecule has 0 aromatic carbocycles. The zero-order valence-corrected chi connectivity index (χ0v) is 14.1. The Labute approximate surface area is 149 Å². The van der Waals surface area contributed by atoms with Crippen LogP contribution in [0.3, 0.4) is 0 Å². The fourth-order valence-corrected chi connectivity index (χ4v) is 2.16. The Bertz CT molecular complexity index is 496. The Morgan fingerprint density at radius 1 is 0.577 bits per heavy atom. The highest BCUT2D eigenvalue weighted by molar-refractivity contribution is 5.72. The molecule has 148 valence electrons. The highest BCUT2D eigenvalue weighted by atomic mass is 16.4. The highest BCUT2D eigenvalue weighted by Gasteiger charge is 2.18. The van der Waals surface area contributed by atoms with Gasteiger partial charge in [-0.05, 0) is 0 Å². The molecule has 0 aliphatic carbocycles. The SMILES string of the molecule is O=CCN(CCN(CCN(CC(=O)O)CC(=O)O)CC(=O)O)CC(=O)O. The summed E-state index contributed by atoms with van der Waals surface area (Å²) < 4.78 is 0. The van der Waals surface area contributed by atoms with E-state index >= 15 is 0 Å². The van der Waals surface area contributed by atoms with Crippen molar-refractivity contribution in [3.63, 3.8) is 0 Å². The van der Waals surface area contributed by atoms with Gasteiger partial charge in [0.15, 0.2) is 0 Å². The maximum Gasteiger partial charge on any atom is 0.317 e. The van der Waals surface area contributed by atoms with E-state index in [9.17, 15) is 24.0 Å². The molecule has 0 fully saturated rings. The summed E-state index contributed by atoms with van der Waals surface area (Å²) in [5.74, 6) is -4.71. The molecule has 0 saturated carbocycles. The molecule has 12 heteroatoms. The van der Waals surface area contributed by atoms with Crippen LogP contribution in [-0.2, 0) is 24.0 Å². The third kappa shape index (κ3) is 12.8. The zero-order chi connectivity index (χ0) is 20.1. The van der Waals surface area contributed by atoms with Crippen LogP contribution in [-0.4, -0.2) is 124 Å². The van der Waals surface area contributed by atoms with Gasteiger partial charge >= 0.3 is 23.9 Å². The van der Waals surface area contributed by atoms with Crippen molar-refractivity contribution >= 4 is 30.2 Å². The molecule has 0 amide bonds. The van der Waals surface area contributed by atoms with E-state index in [1.54, 1.807) is 0 Å². The number of carboxylic acids is 4. The maximum absolute atomic E-state index is 11.0. The van der Waals surface area contributed by atoms with Gasteiger partial charge in [-0.1, -0.05) is 0 Å². The van der Waals surface area contributed by atoms with Crippen LogP contribution in [0, 0.1) is 0 Å². The summed E-state index contributed by atoms with van der Waals surface area (Å²) >= 11 is 0. The average Bonchev–Trinajstić information content (AvgIpc) is 2.47. The van der Waals surface area contributed by atoms with E-state index in [1.165, 1.54) is 9.80 Å². The molecule has 0 radical (unpaired) electrons. The first-order valence-electron chi connectivity index (χ1n) is 7.62. The van der Waals surface area contributed by atoms with E-state index < -0.39 is 43.5 Å². The smallest absolute Gasteiger partial charge is 0.317 e. The maximum atomic E-state index is 11.0. The third-order valence-electron chi connectivity index (χ3n) is 3.23. The van der Waals surface area contributed by atoms with Crippen LogP contribution in [0.15, 0.2) is 0 Å². The van der Waals surface area contributed by atoms with Crippen LogP contribution in [0.1, 0.15) is 0 Å². The van der Waals surface area contributed by atoms with Crippen LogP contribution in [0.5, 0.6) is 0 Å². The van der Waals surface area contributed by atoms with E-state index in [2.05, 4.69) is 0 Å². The molecule has 0 heterocycles. The first-order valence-corrected chi connectivity index (χ1v) is 7.62. The molecular formula is C14H23N3O9. The molecule has 0 atom stereocenters. The second-order valence-electron chi connectivity index (χ2n) is 5.46. The monoisotopic (exact) mass is 377 g/mol. The van der Waals surface area contributed by atoms with Crippen LogP contribution >= 0.6 is 0 Å². The standard InChI is InChI=1S/C14H23N3O9/c18-6-5-16(8-12(21)22)2-1-15(7-11(19)20)3-4-17(9-13(23)24)10-14(25)26/h6H,1-5,7-10H2,(H,19,20)(H,21,22)(H,23,24)(H,25,26). The zero-order valence-electron chi connectivity index (χ0n) is 14.1. The van der Waals surface area contributed by atoms with Crippen molar-refractivity contribution < 1.29 is 44.4 Å². The van der Waals surface area contributed by atoms with Crippen molar-refractivity contribution in [2.45, 2.75) is 0 Å². The lowest BCUT2D eigenvalue weighted by atomic mass is 10.3. The van der Waals surface area contributed by atoms with Crippen molar-refractivity contribution in [2.75, 3.05) is 58.9 Å². The number of aldehydes is 1. The summed E-state index contributed by atoms with van der Waals surface area (Å²) in [6, 6.07) is 0. The lowest BCUT2D eigenvalue weighted by molar-refractivity contribution is -0.143. The number of rotatable bonds is 16. The van der Waals surface area contributed by atoms with Gasteiger partial charge in [-0.15, -0.1) is 0 Å². The molecule has 0 aliphatic heterocycles. The molecule has 0 spiro atoms. The fraction of sp³-hybridized carbons (Fsp3) is 0.643. The number of hydrogen-bond donors (Lipinski definition) is 4. The Hall–Kier alpha value is -2.57. The highest BCUT2D eigenvalue weighted by Crippen LogP contribution is 1.96. The number of aliphatic carboxylic acids is 4. The predicted molar refractivity (Wildman–Crippen MR) is 85.9 cm³/mol. The van der Waals surface area contributed by atoms with Crippen LogP contribution in [0.2, 0.25) is 0 Å². The number of hydrogen-bond acceptors (Lipinski definition) is 8. The Kier molecular flexibility index (Phi) is 11.5. The fourth-order valence-electron chi connectivity index (χ4n) is 2.16. The molecule has 0 unspecified atom stereocenters. The summed E-state index contributed by atoms with van der Waals surface area (Å²) in [7, 11) is 0. The number of carbonyl (C=O) groups is 5. The normalized spacial score (nSPS) is 11.0. The predicted octanol–water partition coefficient (Wildman–Crippen LogP) is -2.57.